The zero-order valence-corrected chi connectivity index (χ0v) is 26.8. The number of alkyl halides is 12. The Morgan fingerprint density at radius 2 is 1.21 bits per heavy atom. The van der Waals surface area contributed by atoms with Gasteiger partial charge in [-0.15, -0.1) is 0 Å². The highest BCUT2D eigenvalue weighted by molar-refractivity contribution is 5.74. The third-order valence-corrected chi connectivity index (χ3v) is 6.59. The average Bonchev–Trinajstić information content (AvgIpc) is 3.01. The van der Waals surface area contributed by atoms with Gasteiger partial charge in [-0.1, -0.05) is 12.1 Å². The van der Waals surface area contributed by atoms with Gasteiger partial charge >= 0.3 is 48.6 Å². The van der Waals surface area contributed by atoms with Gasteiger partial charge in [0.2, 0.25) is 5.88 Å². The van der Waals surface area contributed by atoms with Crippen LogP contribution < -0.4 is 4.74 Å². The van der Waals surface area contributed by atoms with Crippen molar-refractivity contribution >= 4 is 23.9 Å². The van der Waals surface area contributed by atoms with Gasteiger partial charge in [0.15, 0.2) is 0 Å². The van der Waals surface area contributed by atoms with Gasteiger partial charge in [-0.2, -0.15) is 52.7 Å². The number of aromatic nitrogens is 2. The lowest BCUT2D eigenvalue weighted by molar-refractivity contribution is -0.193. The molecule has 53 heavy (non-hydrogen) atoms. The number of ether oxygens (including phenoxy) is 1. The molecule has 4 N–H and O–H groups in total. The van der Waals surface area contributed by atoms with Crippen LogP contribution in [-0.2, 0) is 25.7 Å². The van der Waals surface area contributed by atoms with Crippen LogP contribution in [0.25, 0.3) is 0 Å². The number of carboxylic acid groups (broad SMARTS) is 4. The first-order valence-electron chi connectivity index (χ1n) is 14.1. The van der Waals surface area contributed by atoms with E-state index in [0.29, 0.717) is 11.5 Å². The maximum Gasteiger partial charge on any atom is 0.490 e. The van der Waals surface area contributed by atoms with E-state index in [2.05, 4.69) is 32.9 Å². The summed E-state index contributed by atoms with van der Waals surface area (Å²) in [5.74, 6) is -9.68. The highest BCUT2D eigenvalue weighted by Gasteiger charge is 2.49. The van der Waals surface area contributed by atoms with Crippen molar-refractivity contribution in [3.05, 3.63) is 54.5 Å². The number of piperidine rings is 1. The standard InChI is InChI=1S/C20H26N4O.4C2HF3O2/c1-23-10-7-17(14-25-19-6-2-3-9-22-19)11-20(23)15-24(16-20)13-18-5-4-8-21-12-18;4*3-2(4,5)1(6)7/h2-6,8-9,12,17H,7,10-11,13-16H2,1H3;4*(H,6,7). The summed E-state index contributed by atoms with van der Waals surface area (Å²) in [6, 6.07) is 10.0. The number of nitrogens with zero attached hydrogens (tertiary/aromatic N) is 4. The fourth-order valence-corrected chi connectivity index (χ4v) is 4.20. The van der Waals surface area contributed by atoms with Gasteiger partial charge in [-0.25, -0.2) is 24.2 Å². The number of aliphatic carboxylic acids is 4. The molecule has 2 aliphatic rings. The van der Waals surface area contributed by atoms with Crippen molar-refractivity contribution in [3.8, 4) is 5.88 Å². The lowest BCUT2D eigenvalue weighted by atomic mass is 9.75. The van der Waals surface area contributed by atoms with E-state index in [0.717, 1.165) is 38.7 Å². The number of halogens is 12. The fourth-order valence-electron chi connectivity index (χ4n) is 4.20. The molecule has 300 valence electrons. The van der Waals surface area contributed by atoms with Crippen LogP contribution in [0, 0.1) is 5.92 Å². The third-order valence-electron chi connectivity index (χ3n) is 6.59. The molecule has 1 unspecified atom stereocenters. The van der Waals surface area contributed by atoms with E-state index >= 15 is 0 Å². The van der Waals surface area contributed by atoms with E-state index in [9.17, 15) is 52.7 Å². The Hall–Kier alpha value is -4.94. The first-order valence-corrected chi connectivity index (χ1v) is 14.1. The summed E-state index contributed by atoms with van der Waals surface area (Å²) >= 11 is 0. The largest absolute Gasteiger partial charge is 0.490 e. The molecule has 0 amide bonds. The second-order valence-electron chi connectivity index (χ2n) is 10.7. The number of likely N-dealkylation sites (tertiary alicyclic amines) is 2. The quantitative estimate of drug-likeness (QED) is 0.297. The Bertz CT molecular complexity index is 1340. The molecule has 0 saturated carbocycles. The first-order chi connectivity index (χ1) is 24.0. The SMILES string of the molecule is CN1CCC(COc2ccccn2)CC12CN(Cc1cccnc1)C2.O=C(O)C(F)(F)F.O=C(O)C(F)(F)F.O=C(O)C(F)(F)F.O=C(O)C(F)(F)F. The average molecular weight is 795 g/mol. The van der Waals surface area contributed by atoms with Crippen LogP contribution in [0.4, 0.5) is 52.7 Å². The van der Waals surface area contributed by atoms with Crippen molar-refractivity contribution < 1.29 is 97.0 Å². The molecule has 2 aliphatic heterocycles. The van der Waals surface area contributed by atoms with E-state index in [1.54, 1.807) is 6.20 Å². The smallest absolute Gasteiger partial charge is 0.477 e. The molecule has 2 aromatic heterocycles. The second-order valence-corrected chi connectivity index (χ2v) is 10.7. The Kier molecular flexibility index (Phi) is 18.4. The Labute approximate surface area is 290 Å². The predicted molar refractivity (Wildman–Crippen MR) is 152 cm³/mol. The highest BCUT2D eigenvalue weighted by atomic mass is 19.4. The molecule has 2 aromatic rings. The van der Waals surface area contributed by atoms with Gasteiger partial charge in [0.05, 0.1) is 6.61 Å². The minimum atomic E-state index is -5.08. The maximum atomic E-state index is 10.6. The zero-order valence-electron chi connectivity index (χ0n) is 26.8. The molecule has 2 saturated heterocycles. The van der Waals surface area contributed by atoms with Crippen LogP contribution in [0.1, 0.15) is 18.4 Å². The number of carboxylic acids is 4. The molecular formula is C28H30F12N4O9. The van der Waals surface area contributed by atoms with Crippen LogP contribution in [0.5, 0.6) is 5.88 Å². The number of rotatable bonds is 5. The summed E-state index contributed by atoms with van der Waals surface area (Å²) in [6.45, 7) is 5.20. The molecule has 13 nitrogen and oxygen atoms in total. The maximum absolute atomic E-state index is 10.6. The fraction of sp³-hybridized carbons (Fsp3) is 0.500. The number of likely N-dealkylation sites (N-methyl/N-ethyl adjacent to an activating group) is 1. The van der Waals surface area contributed by atoms with Crippen LogP contribution in [0.2, 0.25) is 0 Å². The van der Waals surface area contributed by atoms with Crippen LogP contribution >= 0.6 is 0 Å². The van der Waals surface area contributed by atoms with Gasteiger partial charge in [0.25, 0.3) is 0 Å². The molecule has 4 heterocycles. The molecule has 0 aliphatic carbocycles. The number of pyridine rings is 2. The van der Waals surface area contributed by atoms with E-state index in [1.807, 2.05) is 36.7 Å². The molecule has 0 aromatic carbocycles. The summed E-state index contributed by atoms with van der Waals surface area (Å²) in [5.41, 5.74) is 1.62. The lowest BCUT2D eigenvalue weighted by Gasteiger charge is -2.58. The van der Waals surface area contributed by atoms with Crippen LogP contribution in [0.15, 0.2) is 48.9 Å². The number of hydrogen-bond acceptors (Lipinski definition) is 9. The minimum absolute atomic E-state index is 0.318. The van der Waals surface area contributed by atoms with Crippen LogP contribution in [-0.4, -0.2) is 128 Å². The van der Waals surface area contributed by atoms with Gasteiger partial charge in [0.1, 0.15) is 0 Å². The molecule has 1 spiro atoms. The van der Waals surface area contributed by atoms with Crippen molar-refractivity contribution in [2.45, 2.75) is 49.6 Å². The van der Waals surface area contributed by atoms with E-state index in [4.69, 9.17) is 44.3 Å². The summed E-state index contributed by atoms with van der Waals surface area (Å²) in [5, 5.41) is 28.5. The Morgan fingerprint density at radius 1 is 0.755 bits per heavy atom. The summed E-state index contributed by atoms with van der Waals surface area (Å²) in [6.07, 6.45) is -12.3. The van der Waals surface area contributed by atoms with E-state index < -0.39 is 48.6 Å². The van der Waals surface area contributed by atoms with Gasteiger partial charge in [0, 0.05) is 49.8 Å². The number of carbonyl (C=O) groups is 4. The van der Waals surface area contributed by atoms with Crippen molar-refractivity contribution in [2.24, 2.45) is 5.92 Å². The zero-order chi connectivity index (χ0) is 41.4. The minimum Gasteiger partial charge on any atom is -0.477 e. The number of hydrogen-bond donors (Lipinski definition) is 4. The van der Waals surface area contributed by atoms with Gasteiger partial charge in [-0.05, 0) is 50.0 Å². The Balaban J connectivity index is 0.000000791. The lowest BCUT2D eigenvalue weighted by Crippen LogP contribution is -2.71. The molecule has 1 atom stereocenters. The second kappa shape index (κ2) is 20.3. The summed E-state index contributed by atoms with van der Waals surface area (Å²) in [7, 11) is 2.28. The summed E-state index contributed by atoms with van der Waals surface area (Å²) < 4.78 is 133. The van der Waals surface area contributed by atoms with Gasteiger partial charge < -0.3 is 25.2 Å². The molecule has 0 bridgehead atoms. The molecule has 2 fully saturated rings. The first kappa shape index (κ1) is 48.1. The normalized spacial score (nSPS) is 17.0. The van der Waals surface area contributed by atoms with Crippen molar-refractivity contribution in [2.75, 3.05) is 33.3 Å². The van der Waals surface area contributed by atoms with E-state index in [-0.39, 0.29) is 0 Å². The van der Waals surface area contributed by atoms with Crippen molar-refractivity contribution in [1.29, 1.82) is 0 Å². The van der Waals surface area contributed by atoms with E-state index in [1.165, 1.54) is 18.4 Å². The summed E-state index contributed by atoms with van der Waals surface area (Å²) in [4.78, 5) is 49.1. The monoisotopic (exact) mass is 794 g/mol. The highest BCUT2D eigenvalue weighted by Crippen LogP contribution is 2.39. The topological polar surface area (TPSA) is 191 Å². The Morgan fingerprint density at radius 3 is 1.57 bits per heavy atom. The molecule has 25 heteroatoms. The molecule has 4 rings (SSSR count). The van der Waals surface area contributed by atoms with Crippen molar-refractivity contribution in [3.63, 3.8) is 0 Å². The van der Waals surface area contributed by atoms with Crippen molar-refractivity contribution in [1.82, 2.24) is 19.8 Å². The molecular weight excluding hydrogens is 764 g/mol. The third kappa shape index (κ3) is 19.5. The predicted octanol–water partition coefficient (Wildman–Crippen LogP) is 4.99. The molecule has 0 radical (unpaired) electrons. The van der Waals surface area contributed by atoms with Gasteiger partial charge in [-0.3, -0.25) is 14.8 Å². The van der Waals surface area contributed by atoms with Crippen LogP contribution in [0.3, 0.4) is 0 Å².